The molecule has 0 aliphatic heterocycles. The van der Waals surface area contributed by atoms with E-state index in [2.05, 4.69) is 0 Å². The lowest BCUT2D eigenvalue weighted by molar-refractivity contribution is -0.0138. The SMILES string of the molecule is COC(C)(C)CCOC(C)C(N)=S. The van der Waals surface area contributed by atoms with Crippen molar-refractivity contribution in [3.8, 4) is 0 Å². The second-order valence-electron chi connectivity index (χ2n) is 3.63. The van der Waals surface area contributed by atoms with Gasteiger partial charge in [-0.25, -0.2) is 0 Å². The van der Waals surface area contributed by atoms with Crippen LogP contribution < -0.4 is 5.73 Å². The Kier molecular flexibility index (Phi) is 5.44. The number of rotatable bonds is 6. The first-order valence-corrected chi connectivity index (χ1v) is 4.76. The van der Waals surface area contributed by atoms with Crippen molar-refractivity contribution in [3.05, 3.63) is 0 Å². The second-order valence-corrected chi connectivity index (χ2v) is 4.10. The van der Waals surface area contributed by atoms with Gasteiger partial charge in [-0.1, -0.05) is 12.2 Å². The molecule has 0 spiro atoms. The Bertz CT molecular complexity index is 171. The van der Waals surface area contributed by atoms with Crippen molar-refractivity contribution in [1.29, 1.82) is 0 Å². The maximum Gasteiger partial charge on any atom is 0.104 e. The van der Waals surface area contributed by atoms with E-state index >= 15 is 0 Å². The van der Waals surface area contributed by atoms with Crippen LogP contribution in [0.25, 0.3) is 0 Å². The summed E-state index contributed by atoms with van der Waals surface area (Å²) in [5, 5.41) is 0. The zero-order valence-electron chi connectivity index (χ0n) is 8.79. The van der Waals surface area contributed by atoms with Crippen LogP contribution in [0.1, 0.15) is 27.2 Å². The largest absolute Gasteiger partial charge is 0.391 e. The van der Waals surface area contributed by atoms with Crippen LogP contribution in [0.4, 0.5) is 0 Å². The van der Waals surface area contributed by atoms with Crippen LogP contribution in [0.2, 0.25) is 0 Å². The van der Waals surface area contributed by atoms with Gasteiger partial charge in [0, 0.05) is 7.11 Å². The summed E-state index contributed by atoms with van der Waals surface area (Å²) in [4.78, 5) is 0.398. The summed E-state index contributed by atoms with van der Waals surface area (Å²) in [6.45, 7) is 6.49. The van der Waals surface area contributed by atoms with Crippen molar-refractivity contribution < 1.29 is 9.47 Å². The maximum atomic E-state index is 5.39. The molecule has 0 aliphatic rings. The van der Waals surface area contributed by atoms with Gasteiger partial charge < -0.3 is 15.2 Å². The summed E-state index contributed by atoms with van der Waals surface area (Å²) in [5.41, 5.74) is 5.25. The standard InChI is InChI=1S/C9H19NO2S/c1-7(8(10)13)12-6-5-9(2,3)11-4/h7H,5-6H2,1-4H3,(H2,10,13). The van der Waals surface area contributed by atoms with Gasteiger partial charge in [-0.15, -0.1) is 0 Å². The third-order valence-electron chi connectivity index (χ3n) is 2.03. The molecule has 1 unspecified atom stereocenters. The third kappa shape index (κ3) is 5.96. The number of hydrogen-bond donors (Lipinski definition) is 1. The molecule has 0 radical (unpaired) electrons. The van der Waals surface area contributed by atoms with Gasteiger partial charge in [0.1, 0.15) is 11.1 Å². The minimum Gasteiger partial charge on any atom is -0.391 e. The zero-order valence-corrected chi connectivity index (χ0v) is 9.61. The Hall–Kier alpha value is -0.190. The Morgan fingerprint density at radius 1 is 1.54 bits per heavy atom. The van der Waals surface area contributed by atoms with E-state index in [1.54, 1.807) is 7.11 Å². The molecular formula is C9H19NO2S. The molecule has 0 saturated heterocycles. The average Bonchev–Trinajstić information content (AvgIpc) is 2.04. The Balaban J connectivity index is 3.62. The molecule has 0 heterocycles. The molecule has 0 rings (SSSR count). The summed E-state index contributed by atoms with van der Waals surface area (Å²) in [6, 6.07) is 0. The number of methoxy groups -OCH3 is 1. The molecule has 0 bridgehead atoms. The predicted molar refractivity (Wildman–Crippen MR) is 57.9 cm³/mol. The Morgan fingerprint density at radius 2 is 2.08 bits per heavy atom. The molecule has 2 N–H and O–H groups in total. The number of nitrogens with two attached hydrogens (primary N) is 1. The van der Waals surface area contributed by atoms with E-state index in [4.69, 9.17) is 27.4 Å². The first-order valence-electron chi connectivity index (χ1n) is 4.35. The van der Waals surface area contributed by atoms with E-state index in [0.717, 1.165) is 6.42 Å². The summed E-state index contributed by atoms with van der Waals surface area (Å²) in [6.07, 6.45) is 0.679. The van der Waals surface area contributed by atoms with Crippen LogP contribution in [0.15, 0.2) is 0 Å². The average molecular weight is 205 g/mol. The van der Waals surface area contributed by atoms with Crippen LogP contribution in [0.5, 0.6) is 0 Å². The van der Waals surface area contributed by atoms with Gasteiger partial charge in [-0.2, -0.15) is 0 Å². The van der Waals surface area contributed by atoms with E-state index in [9.17, 15) is 0 Å². The molecule has 3 nitrogen and oxygen atoms in total. The summed E-state index contributed by atoms with van der Waals surface area (Å²) in [7, 11) is 1.69. The first-order chi connectivity index (χ1) is 5.89. The molecule has 0 saturated carbocycles. The van der Waals surface area contributed by atoms with Crippen LogP contribution >= 0.6 is 12.2 Å². The zero-order chi connectivity index (χ0) is 10.5. The van der Waals surface area contributed by atoms with Gasteiger partial charge in [0.05, 0.1) is 12.2 Å². The normalized spacial score (nSPS) is 14.2. The summed E-state index contributed by atoms with van der Waals surface area (Å²) in [5.74, 6) is 0. The predicted octanol–water partition coefficient (Wildman–Crippen LogP) is 1.49. The molecular weight excluding hydrogens is 186 g/mol. The van der Waals surface area contributed by atoms with Crippen molar-refractivity contribution in [1.82, 2.24) is 0 Å². The highest BCUT2D eigenvalue weighted by Gasteiger charge is 2.16. The van der Waals surface area contributed by atoms with E-state index in [-0.39, 0.29) is 11.7 Å². The molecule has 0 aromatic rings. The third-order valence-corrected chi connectivity index (χ3v) is 2.36. The smallest absolute Gasteiger partial charge is 0.104 e. The van der Waals surface area contributed by atoms with Gasteiger partial charge in [-0.3, -0.25) is 0 Å². The van der Waals surface area contributed by atoms with E-state index < -0.39 is 0 Å². The van der Waals surface area contributed by atoms with E-state index in [1.807, 2.05) is 20.8 Å². The highest BCUT2D eigenvalue weighted by atomic mass is 32.1. The first kappa shape index (κ1) is 12.8. The fourth-order valence-corrected chi connectivity index (χ4v) is 0.734. The topological polar surface area (TPSA) is 44.5 Å². The molecule has 78 valence electrons. The van der Waals surface area contributed by atoms with Gasteiger partial charge in [0.15, 0.2) is 0 Å². The highest BCUT2D eigenvalue weighted by molar-refractivity contribution is 7.80. The van der Waals surface area contributed by atoms with E-state index in [0.29, 0.717) is 11.6 Å². The van der Waals surface area contributed by atoms with E-state index in [1.165, 1.54) is 0 Å². The van der Waals surface area contributed by atoms with Crippen molar-refractivity contribution in [2.75, 3.05) is 13.7 Å². The summed E-state index contributed by atoms with van der Waals surface area (Å²) >= 11 is 4.77. The van der Waals surface area contributed by atoms with Crippen molar-refractivity contribution in [2.45, 2.75) is 38.9 Å². The molecule has 0 amide bonds. The van der Waals surface area contributed by atoms with Gasteiger partial charge >= 0.3 is 0 Å². The lowest BCUT2D eigenvalue weighted by atomic mass is 10.1. The number of ether oxygens (including phenoxy) is 2. The van der Waals surface area contributed by atoms with Gasteiger partial charge in [-0.05, 0) is 27.2 Å². The fraction of sp³-hybridized carbons (Fsp3) is 0.889. The molecule has 0 aromatic heterocycles. The minimum atomic E-state index is -0.150. The quantitative estimate of drug-likeness (QED) is 0.667. The van der Waals surface area contributed by atoms with Gasteiger partial charge in [0.25, 0.3) is 0 Å². The van der Waals surface area contributed by atoms with Crippen molar-refractivity contribution in [3.63, 3.8) is 0 Å². The maximum absolute atomic E-state index is 5.39. The molecule has 0 aliphatic carbocycles. The lowest BCUT2D eigenvalue weighted by Gasteiger charge is -2.23. The Labute approximate surface area is 85.6 Å². The second kappa shape index (κ2) is 5.52. The highest BCUT2D eigenvalue weighted by Crippen LogP contribution is 2.12. The molecule has 4 heteroatoms. The molecule has 0 aromatic carbocycles. The van der Waals surface area contributed by atoms with Crippen LogP contribution in [-0.2, 0) is 9.47 Å². The monoisotopic (exact) mass is 205 g/mol. The van der Waals surface area contributed by atoms with Crippen LogP contribution in [0.3, 0.4) is 0 Å². The van der Waals surface area contributed by atoms with Crippen LogP contribution in [-0.4, -0.2) is 30.4 Å². The molecule has 1 atom stereocenters. The van der Waals surface area contributed by atoms with Gasteiger partial charge in [0.2, 0.25) is 0 Å². The number of thiocarbonyl (C=S) groups is 1. The minimum absolute atomic E-state index is 0.143. The lowest BCUT2D eigenvalue weighted by Crippen LogP contribution is -2.30. The fourth-order valence-electron chi connectivity index (χ4n) is 0.666. The summed E-state index contributed by atoms with van der Waals surface area (Å²) < 4.78 is 10.6. The molecule has 0 fully saturated rings. The molecule has 13 heavy (non-hydrogen) atoms. The van der Waals surface area contributed by atoms with Crippen molar-refractivity contribution >= 4 is 17.2 Å². The van der Waals surface area contributed by atoms with Crippen molar-refractivity contribution in [2.24, 2.45) is 5.73 Å². The number of hydrogen-bond acceptors (Lipinski definition) is 3. The Morgan fingerprint density at radius 3 is 2.46 bits per heavy atom. The van der Waals surface area contributed by atoms with Crippen LogP contribution in [0, 0.1) is 0 Å².